The maximum Gasteiger partial charge on any atom is 0.358 e. The van der Waals surface area contributed by atoms with Crippen LogP contribution in [0.25, 0.3) is 0 Å². The van der Waals surface area contributed by atoms with Gasteiger partial charge in [0.2, 0.25) is 0 Å². The molecule has 0 N–H and O–H groups in total. The Morgan fingerprint density at radius 1 is 1.60 bits per heavy atom. The van der Waals surface area contributed by atoms with Gasteiger partial charge in [0.25, 0.3) is 5.56 Å². The van der Waals surface area contributed by atoms with Crippen molar-refractivity contribution in [1.82, 2.24) is 9.55 Å². The summed E-state index contributed by atoms with van der Waals surface area (Å²) in [4.78, 5) is 26.1. The first kappa shape index (κ1) is 11.4. The molecule has 5 heteroatoms. The molecule has 82 valence electrons. The summed E-state index contributed by atoms with van der Waals surface area (Å²) in [6.45, 7) is 2.40. The summed E-state index contributed by atoms with van der Waals surface area (Å²) in [5.41, 5.74) is -0.0895. The van der Waals surface area contributed by atoms with Gasteiger partial charge in [0.1, 0.15) is 0 Å². The Bertz CT molecular complexity index is 398. The first-order valence-corrected chi connectivity index (χ1v) is 4.85. The molecule has 0 fully saturated rings. The average molecular weight is 210 g/mol. The van der Waals surface area contributed by atoms with E-state index in [1.54, 1.807) is 7.05 Å². The van der Waals surface area contributed by atoms with Crippen molar-refractivity contribution in [2.24, 2.45) is 7.05 Å². The smallest absolute Gasteiger partial charge is 0.358 e. The fourth-order valence-corrected chi connectivity index (χ4v) is 0.985. The van der Waals surface area contributed by atoms with Crippen LogP contribution in [-0.4, -0.2) is 22.1 Å². The molecule has 15 heavy (non-hydrogen) atoms. The van der Waals surface area contributed by atoms with Gasteiger partial charge in [-0.2, -0.15) is 0 Å². The predicted octanol–water partition coefficient (Wildman–Crippen LogP) is 0.737. The molecule has 0 aliphatic carbocycles. The van der Waals surface area contributed by atoms with Crippen LogP contribution in [0.3, 0.4) is 0 Å². The SMILES string of the molecule is CCCCOC(=O)c1cn(C)c(=O)cn1. The van der Waals surface area contributed by atoms with Crippen LogP contribution < -0.4 is 5.56 Å². The summed E-state index contributed by atoms with van der Waals surface area (Å²) in [7, 11) is 1.56. The first-order chi connectivity index (χ1) is 7.15. The van der Waals surface area contributed by atoms with E-state index < -0.39 is 5.97 Å². The summed E-state index contributed by atoms with van der Waals surface area (Å²) < 4.78 is 6.24. The highest BCUT2D eigenvalue weighted by Crippen LogP contribution is 1.96. The van der Waals surface area contributed by atoms with Gasteiger partial charge in [-0.25, -0.2) is 9.78 Å². The van der Waals surface area contributed by atoms with Crippen molar-refractivity contribution in [3.63, 3.8) is 0 Å². The molecule has 0 aliphatic heterocycles. The number of hydrogen-bond donors (Lipinski definition) is 0. The van der Waals surface area contributed by atoms with E-state index in [1.807, 2.05) is 6.92 Å². The molecular weight excluding hydrogens is 196 g/mol. The number of rotatable bonds is 4. The van der Waals surface area contributed by atoms with E-state index in [2.05, 4.69) is 4.98 Å². The van der Waals surface area contributed by atoms with Gasteiger partial charge in [0, 0.05) is 13.2 Å². The molecule has 1 heterocycles. The fourth-order valence-electron chi connectivity index (χ4n) is 0.985. The van der Waals surface area contributed by atoms with Crippen LogP contribution in [0.1, 0.15) is 30.3 Å². The molecule has 0 aliphatic rings. The van der Waals surface area contributed by atoms with Crippen LogP contribution >= 0.6 is 0 Å². The Labute approximate surface area is 87.7 Å². The number of carbonyl (C=O) groups excluding carboxylic acids is 1. The van der Waals surface area contributed by atoms with E-state index in [4.69, 9.17) is 4.74 Å². The largest absolute Gasteiger partial charge is 0.461 e. The Hall–Kier alpha value is -1.65. The molecule has 5 nitrogen and oxygen atoms in total. The lowest BCUT2D eigenvalue weighted by molar-refractivity contribution is 0.0491. The molecule has 0 radical (unpaired) electrons. The van der Waals surface area contributed by atoms with Crippen LogP contribution in [0.2, 0.25) is 0 Å². The minimum absolute atomic E-state index is 0.160. The van der Waals surface area contributed by atoms with Gasteiger partial charge in [-0.3, -0.25) is 4.79 Å². The second kappa shape index (κ2) is 5.29. The third kappa shape index (κ3) is 3.19. The van der Waals surface area contributed by atoms with Gasteiger partial charge < -0.3 is 9.30 Å². The maximum atomic E-state index is 11.4. The third-order valence-corrected chi connectivity index (χ3v) is 1.92. The molecule has 0 bridgehead atoms. The zero-order valence-electron chi connectivity index (χ0n) is 8.90. The van der Waals surface area contributed by atoms with Gasteiger partial charge in [-0.05, 0) is 6.42 Å². The van der Waals surface area contributed by atoms with Gasteiger partial charge in [-0.1, -0.05) is 13.3 Å². The average Bonchev–Trinajstić information content (AvgIpc) is 2.22. The lowest BCUT2D eigenvalue weighted by Crippen LogP contribution is -2.19. The number of carbonyl (C=O) groups is 1. The molecule has 0 aromatic carbocycles. The van der Waals surface area contributed by atoms with Crippen molar-refractivity contribution >= 4 is 5.97 Å². The number of hydrogen-bond acceptors (Lipinski definition) is 4. The van der Waals surface area contributed by atoms with E-state index in [9.17, 15) is 9.59 Å². The van der Waals surface area contributed by atoms with Crippen molar-refractivity contribution in [3.05, 3.63) is 28.4 Å². The number of nitrogens with zero attached hydrogens (tertiary/aromatic N) is 2. The lowest BCUT2D eigenvalue weighted by atomic mass is 10.3. The minimum Gasteiger partial charge on any atom is -0.461 e. The minimum atomic E-state index is -0.487. The van der Waals surface area contributed by atoms with Gasteiger partial charge >= 0.3 is 5.97 Å². The van der Waals surface area contributed by atoms with Gasteiger partial charge in [0.05, 0.1) is 12.8 Å². The van der Waals surface area contributed by atoms with Crippen molar-refractivity contribution in [3.8, 4) is 0 Å². The Morgan fingerprint density at radius 3 is 2.93 bits per heavy atom. The molecule has 1 rings (SSSR count). The highest BCUT2D eigenvalue weighted by Gasteiger charge is 2.09. The molecule has 1 aromatic rings. The number of unbranched alkanes of at least 4 members (excludes halogenated alkanes) is 1. The van der Waals surface area contributed by atoms with E-state index in [0.717, 1.165) is 19.0 Å². The second-order valence-corrected chi connectivity index (χ2v) is 3.21. The van der Waals surface area contributed by atoms with Crippen molar-refractivity contribution in [2.75, 3.05) is 6.61 Å². The van der Waals surface area contributed by atoms with E-state index >= 15 is 0 Å². The molecule has 0 atom stereocenters. The van der Waals surface area contributed by atoms with Crippen LogP contribution in [0.5, 0.6) is 0 Å². The maximum absolute atomic E-state index is 11.4. The number of esters is 1. The van der Waals surface area contributed by atoms with Crippen LogP contribution in [0.15, 0.2) is 17.2 Å². The molecular formula is C10H14N2O3. The van der Waals surface area contributed by atoms with Crippen molar-refractivity contribution in [1.29, 1.82) is 0 Å². The number of aryl methyl sites for hydroxylation is 1. The summed E-state index contributed by atoms with van der Waals surface area (Å²) in [6, 6.07) is 0. The van der Waals surface area contributed by atoms with Crippen molar-refractivity contribution < 1.29 is 9.53 Å². The Morgan fingerprint density at radius 2 is 2.33 bits per heavy atom. The normalized spacial score (nSPS) is 10.0. The summed E-state index contributed by atoms with van der Waals surface area (Å²) in [5, 5.41) is 0. The molecule has 1 aromatic heterocycles. The third-order valence-electron chi connectivity index (χ3n) is 1.92. The highest BCUT2D eigenvalue weighted by atomic mass is 16.5. The van der Waals surface area contributed by atoms with E-state index in [0.29, 0.717) is 6.61 Å². The molecule has 0 saturated heterocycles. The summed E-state index contributed by atoms with van der Waals surface area (Å²) >= 11 is 0. The van der Waals surface area contributed by atoms with Gasteiger partial charge in [-0.15, -0.1) is 0 Å². The zero-order valence-corrected chi connectivity index (χ0v) is 8.90. The zero-order chi connectivity index (χ0) is 11.3. The molecule has 0 unspecified atom stereocenters. The fraction of sp³-hybridized carbons (Fsp3) is 0.500. The Kier molecular flexibility index (Phi) is 4.03. The summed E-state index contributed by atoms with van der Waals surface area (Å²) in [6.07, 6.45) is 4.28. The van der Waals surface area contributed by atoms with Crippen LogP contribution in [0.4, 0.5) is 0 Å². The predicted molar refractivity (Wildman–Crippen MR) is 54.7 cm³/mol. The van der Waals surface area contributed by atoms with Crippen LogP contribution in [-0.2, 0) is 11.8 Å². The highest BCUT2D eigenvalue weighted by molar-refractivity contribution is 5.86. The molecule has 0 spiro atoms. The number of aromatic nitrogens is 2. The van der Waals surface area contributed by atoms with Crippen molar-refractivity contribution in [2.45, 2.75) is 19.8 Å². The lowest BCUT2D eigenvalue weighted by Gasteiger charge is -2.03. The van der Waals surface area contributed by atoms with E-state index in [-0.39, 0.29) is 11.3 Å². The number of ether oxygens (including phenoxy) is 1. The van der Waals surface area contributed by atoms with E-state index in [1.165, 1.54) is 10.8 Å². The topological polar surface area (TPSA) is 61.2 Å². The second-order valence-electron chi connectivity index (χ2n) is 3.21. The summed E-state index contributed by atoms with van der Waals surface area (Å²) in [5.74, 6) is -0.487. The monoisotopic (exact) mass is 210 g/mol. The quantitative estimate of drug-likeness (QED) is 0.543. The Balaban J connectivity index is 2.66. The molecule has 0 saturated carbocycles. The van der Waals surface area contributed by atoms with Gasteiger partial charge in [0.15, 0.2) is 5.69 Å². The standard InChI is InChI=1S/C10H14N2O3/c1-3-4-5-15-10(14)8-7-12(2)9(13)6-11-8/h6-7H,3-5H2,1-2H3. The molecule has 0 amide bonds. The first-order valence-electron chi connectivity index (χ1n) is 4.85. The van der Waals surface area contributed by atoms with Crippen LogP contribution in [0, 0.1) is 0 Å².